The molecule has 0 bridgehead atoms. The molecule has 0 radical (unpaired) electrons. The van der Waals surface area contributed by atoms with E-state index in [1.165, 1.54) is 11.3 Å². The number of rotatable bonds is 7. The SMILES string of the molecule is C=CCNC(=O)c1sc(NCCC(C)C)c(C#N)c1N. The maximum absolute atomic E-state index is 11.9. The van der Waals surface area contributed by atoms with Crippen LogP contribution in [0.5, 0.6) is 0 Å². The van der Waals surface area contributed by atoms with Crippen molar-refractivity contribution >= 4 is 27.9 Å². The minimum Gasteiger partial charge on any atom is -0.396 e. The van der Waals surface area contributed by atoms with Crippen molar-refractivity contribution in [1.29, 1.82) is 5.26 Å². The molecule has 108 valence electrons. The Bertz CT molecular complexity index is 528. The molecule has 0 fully saturated rings. The van der Waals surface area contributed by atoms with E-state index in [1.807, 2.05) is 0 Å². The lowest BCUT2D eigenvalue weighted by atomic mass is 10.1. The Balaban J connectivity index is 2.88. The largest absolute Gasteiger partial charge is 0.396 e. The van der Waals surface area contributed by atoms with Crippen LogP contribution < -0.4 is 16.4 Å². The van der Waals surface area contributed by atoms with Gasteiger partial charge in [-0.05, 0) is 12.3 Å². The van der Waals surface area contributed by atoms with Gasteiger partial charge in [0, 0.05) is 13.1 Å². The number of nitrogen functional groups attached to an aromatic ring is 1. The fourth-order valence-electron chi connectivity index (χ4n) is 1.57. The first kappa shape index (κ1) is 16.1. The molecular weight excluding hydrogens is 272 g/mol. The minimum absolute atomic E-state index is 0.242. The summed E-state index contributed by atoms with van der Waals surface area (Å²) < 4.78 is 0. The highest BCUT2D eigenvalue weighted by molar-refractivity contribution is 7.18. The van der Waals surface area contributed by atoms with E-state index >= 15 is 0 Å². The molecule has 1 amide bonds. The van der Waals surface area contributed by atoms with Gasteiger partial charge in [0.05, 0.1) is 5.69 Å². The smallest absolute Gasteiger partial charge is 0.263 e. The van der Waals surface area contributed by atoms with Gasteiger partial charge in [-0.1, -0.05) is 19.9 Å². The van der Waals surface area contributed by atoms with Gasteiger partial charge in [-0.3, -0.25) is 4.79 Å². The van der Waals surface area contributed by atoms with Crippen molar-refractivity contribution in [2.45, 2.75) is 20.3 Å². The summed E-state index contributed by atoms with van der Waals surface area (Å²) in [6.07, 6.45) is 2.58. The molecule has 0 aliphatic heterocycles. The summed E-state index contributed by atoms with van der Waals surface area (Å²) in [6.45, 7) is 8.91. The summed E-state index contributed by atoms with van der Waals surface area (Å²) in [4.78, 5) is 12.3. The van der Waals surface area contributed by atoms with Gasteiger partial charge in [-0.15, -0.1) is 17.9 Å². The van der Waals surface area contributed by atoms with Gasteiger partial charge in [0.1, 0.15) is 21.5 Å². The first-order chi connectivity index (χ1) is 9.51. The third-order valence-corrected chi connectivity index (χ3v) is 3.84. The van der Waals surface area contributed by atoms with Crippen LogP contribution >= 0.6 is 11.3 Å². The molecular formula is C14H20N4OS. The van der Waals surface area contributed by atoms with Crippen LogP contribution in [0.15, 0.2) is 12.7 Å². The van der Waals surface area contributed by atoms with E-state index in [2.05, 4.69) is 37.1 Å². The molecule has 6 heteroatoms. The van der Waals surface area contributed by atoms with Crippen LogP contribution in [-0.4, -0.2) is 19.0 Å². The highest BCUT2D eigenvalue weighted by atomic mass is 32.1. The van der Waals surface area contributed by atoms with Gasteiger partial charge in [0.2, 0.25) is 0 Å². The van der Waals surface area contributed by atoms with E-state index in [-0.39, 0.29) is 11.6 Å². The molecule has 1 heterocycles. The maximum atomic E-state index is 11.9. The zero-order chi connectivity index (χ0) is 15.1. The number of carbonyl (C=O) groups excluding carboxylic acids is 1. The lowest BCUT2D eigenvalue weighted by Crippen LogP contribution is -2.23. The number of nitrogens with one attached hydrogen (secondary N) is 2. The summed E-state index contributed by atoms with van der Waals surface area (Å²) in [7, 11) is 0. The Morgan fingerprint density at radius 3 is 2.85 bits per heavy atom. The molecule has 0 atom stereocenters. The van der Waals surface area contributed by atoms with Crippen molar-refractivity contribution in [2.24, 2.45) is 5.92 Å². The van der Waals surface area contributed by atoms with Gasteiger partial charge in [0.25, 0.3) is 5.91 Å². The van der Waals surface area contributed by atoms with Crippen LogP contribution in [0.4, 0.5) is 10.7 Å². The molecule has 0 unspecified atom stereocenters. The summed E-state index contributed by atoms with van der Waals surface area (Å²) in [6, 6.07) is 2.06. The second kappa shape index (κ2) is 7.56. The Hall–Kier alpha value is -2.00. The molecule has 1 aromatic rings. The summed E-state index contributed by atoms with van der Waals surface area (Å²) in [5.41, 5.74) is 6.47. The molecule has 1 aromatic heterocycles. The van der Waals surface area contributed by atoms with Crippen molar-refractivity contribution in [1.82, 2.24) is 5.32 Å². The summed E-state index contributed by atoms with van der Waals surface area (Å²) >= 11 is 1.22. The quantitative estimate of drug-likeness (QED) is 0.674. The number of nitrogens with zero attached hydrogens (tertiary/aromatic N) is 1. The number of hydrogen-bond donors (Lipinski definition) is 3. The number of anilines is 2. The zero-order valence-corrected chi connectivity index (χ0v) is 12.6. The Kier molecular flexibility index (Phi) is 6.07. The second-order valence-electron chi connectivity index (χ2n) is 4.77. The van der Waals surface area contributed by atoms with Crippen LogP contribution in [0.25, 0.3) is 0 Å². The number of nitrogens with two attached hydrogens (primary N) is 1. The lowest BCUT2D eigenvalue weighted by Gasteiger charge is -2.06. The molecule has 0 saturated carbocycles. The van der Waals surface area contributed by atoms with Crippen molar-refractivity contribution in [3.8, 4) is 6.07 Å². The van der Waals surface area contributed by atoms with Gasteiger partial charge in [-0.25, -0.2) is 0 Å². The molecule has 1 rings (SSSR count). The molecule has 0 saturated heterocycles. The van der Waals surface area contributed by atoms with Gasteiger partial charge in [-0.2, -0.15) is 5.26 Å². The van der Waals surface area contributed by atoms with Gasteiger partial charge < -0.3 is 16.4 Å². The van der Waals surface area contributed by atoms with E-state index in [0.29, 0.717) is 27.9 Å². The molecule has 4 N–H and O–H groups in total. The average molecular weight is 292 g/mol. The molecule has 5 nitrogen and oxygen atoms in total. The van der Waals surface area contributed by atoms with Crippen LogP contribution in [-0.2, 0) is 0 Å². The Morgan fingerprint density at radius 1 is 1.60 bits per heavy atom. The number of carbonyl (C=O) groups is 1. The number of amides is 1. The Morgan fingerprint density at radius 2 is 2.30 bits per heavy atom. The first-order valence-corrected chi connectivity index (χ1v) is 7.28. The topological polar surface area (TPSA) is 90.9 Å². The molecule has 0 aliphatic rings. The zero-order valence-electron chi connectivity index (χ0n) is 11.8. The van der Waals surface area contributed by atoms with Gasteiger partial charge >= 0.3 is 0 Å². The third-order valence-electron chi connectivity index (χ3n) is 2.68. The predicted octanol–water partition coefficient (Wildman–Crippen LogP) is 2.58. The number of hydrogen-bond acceptors (Lipinski definition) is 5. The first-order valence-electron chi connectivity index (χ1n) is 6.46. The second-order valence-corrected chi connectivity index (χ2v) is 5.79. The Labute approximate surface area is 123 Å². The van der Waals surface area contributed by atoms with Crippen molar-refractivity contribution in [3.63, 3.8) is 0 Å². The standard InChI is InChI=1S/C14H20N4OS/c1-4-6-17-13(19)12-11(16)10(8-15)14(20-12)18-7-5-9(2)3/h4,9,18H,1,5-7,16H2,2-3H3,(H,17,19). The van der Waals surface area contributed by atoms with Crippen LogP contribution in [0.1, 0.15) is 35.5 Å². The summed E-state index contributed by atoms with van der Waals surface area (Å²) in [5.74, 6) is 0.293. The highest BCUT2D eigenvalue weighted by Gasteiger charge is 2.20. The average Bonchev–Trinajstić information content (AvgIpc) is 2.72. The lowest BCUT2D eigenvalue weighted by molar-refractivity contribution is 0.0963. The number of thiophene rings is 1. The fourth-order valence-corrected chi connectivity index (χ4v) is 2.58. The minimum atomic E-state index is -0.277. The maximum Gasteiger partial charge on any atom is 0.263 e. The summed E-state index contributed by atoms with van der Waals surface area (Å²) in [5, 5.41) is 15.7. The third kappa shape index (κ3) is 4.00. The molecule has 0 aliphatic carbocycles. The van der Waals surface area contributed by atoms with Crippen molar-refractivity contribution in [2.75, 3.05) is 24.1 Å². The van der Waals surface area contributed by atoms with Crippen molar-refractivity contribution < 1.29 is 4.79 Å². The van der Waals surface area contributed by atoms with E-state index in [9.17, 15) is 4.79 Å². The predicted molar refractivity (Wildman–Crippen MR) is 83.9 cm³/mol. The van der Waals surface area contributed by atoms with Crippen LogP contribution in [0.2, 0.25) is 0 Å². The van der Waals surface area contributed by atoms with Crippen LogP contribution in [0.3, 0.4) is 0 Å². The fraction of sp³-hybridized carbons (Fsp3) is 0.429. The molecule has 0 spiro atoms. The van der Waals surface area contributed by atoms with Crippen LogP contribution in [0, 0.1) is 17.2 Å². The van der Waals surface area contributed by atoms with E-state index < -0.39 is 0 Å². The normalized spacial score (nSPS) is 10.1. The molecule has 20 heavy (non-hydrogen) atoms. The van der Waals surface area contributed by atoms with Gasteiger partial charge in [0.15, 0.2) is 0 Å². The van der Waals surface area contributed by atoms with Crippen molar-refractivity contribution in [3.05, 3.63) is 23.1 Å². The van der Waals surface area contributed by atoms with E-state index in [0.717, 1.165) is 13.0 Å². The number of nitriles is 1. The highest BCUT2D eigenvalue weighted by Crippen LogP contribution is 2.35. The van der Waals surface area contributed by atoms with E-state index in [1.54, 1.807) is 6.08 Å². The monoisotopic (exact) mass is 292 g/mol. The van der Waals surface area contributed by atoms with E-state index in [4.69, 9.17) is 11.0 Å². The molecule has 0 aromatic carbocycles.